The van der Waals surface area contributed by atoms with Crippen LogP contribution >= 0.6 is 15.9 Å². The highest BCUT2D eigenvalue weighted by Crippen LogP contribution is 2.14. The van der Waals surface area contributed by atoms with Gasteiger partial charge in [-0.15, -0.1) is 0 Å². The average Bonchev–Trinajstić information content (AvgIpc) is 3.03. The number of aliphatic imine (C=N–C) groups is 1. The van der Waals surface area contributed by atoms with E-state index in [9.17, 15) is 4.39 Å². The lowest BCUT2D eigenvalue weighted by molar-refractivity contribution is 0.223. The molecule has 0 aliphatic rings. The molecule has 0 saturated carbocycles. The molecule has 0 spiro atoms. The SMILES string of the molecule is CN=C(NCc1cn2cc(Br)ccc2n1)NCC(C)Oc1cccc(F)c1. The topological polar surface area (TPSA) is 63.0 Å². The van der Waals surface area contributed by atoms with Crippen LogP contribution in [0.1, 0.15) is 12.6 Å². The monoisotopic (exact) mass is 433 g/mol. The van der Waals surface area contributed by atoms with Crippen molar-refractivity contribution in [2.75, 3.05) is 13.6 Å². The summed E-state index contributed by atoms with van der Waals surface area (Å²) in [5, 5.41) is 6.42. The fourth-order valence-electron chi connectivity index (χ4n) is 2.55. The summed E-state index contributed by atoms with van der Waals surface area (Å²) in [7, 11) is 1.70. The summed E-state index contributed by atoms with van der Waals surface area (Å²) in [6.45, 7) is 2.97. The smallest absolute Gasteiger partial charge is 0.191 e. The lowest BCUT2D eigenvalue weighted by atomic mass is 10.3. The van der Waals surface area contributed by atoms with E-state index in [1.54, 1.807) is 19.2 Å². The van der Waals surface area contributed by atoms with Crippen molar-refractivity contribution in [2.45, 2.75) is 19.6 Å². The highest BCUT2D eigenvalue weighted by molar-refractivity contribution is 9.10. The zero-order valence-corrected chi connectivity index (χ0v) is 16.7. The van der Waals surface area contributed by atoms with Crippen molar-refractivity contribution in [2.24, 2.45) is 4.99 Å². The second-order valence-corrected chi connectivity index (χ2v) is 6.95. The minimum Gasteiger partial charge on any atom is -0.489 e. The van der Waals surface area contributed by atoms with E-state index < -0.39 is 0 Å². The van der Waals surface area contributed by atoms with Crippen molar-refractivity contribution in [1.29, 1.82) is 0 Å². The molecule has 2 heterocycles. The zero-order chi connectivity index (χ0) is 19.2. The summed E-state index contributed by atoms with van der Waals surface area (Å²) in [5.74, 6) is 0.829. The number of ether oxygens (including phenoxy) is 1. The molecule has 0 aliphatic carbocycles. The quantitative estimate of drug-likeness (QED) is 0.462. The van der Waals surface area contributed by atoms with E-state index in [4.69, 9.17) is 4.74 Å². The molecule has 0 radical (unpaired) electrons. The normalized spacial score (nSPS) is 12.8. The third-order valence-corrected chi connectivity index (χ3v) is 4.28. The fourth-order valence-corrected chi connectivity index (χ4v) is 2.90. The molecule has 0 aliphatic heterocycles. The summed E-state index contributed by atoms with van der Waals surface area (Å²) in [4.78, 5) is 8.76. The van der Waals surface area contributed by atoms with E-state index in [1.165, 1.54) is 12.1 Å². The molecular formula is C19H21BrFN5O. The Morgan fingerprint density at radius 1 is 1.30 bits per heavy atom. The predicted octanol–water partition coefficient (Wildman–Crippen LogP) is 3.37. The molecule has 0 bridgehead atoms. The molecule has 0 fully saturated rings. The maximum atomic E-state index is 13.2. The van der Waals surface area contributed by atoms with Gasteiger partial charge in [-0.1, -0.05) is 6.07 Å². The molecule has 0 amide bonds. The van der Waals surface area contributed by atoms with Crippen molar-refractivity contribution in [3.8, 4) is 5.75 Å². The minimum atomic E-state index is -0.315. The molecule has 2 N–H and O–H groups in total. The van der Waals surface area contributed by atoms with Gasteiger partial charge in [0.05, 0.1) is 18.8 Å². The van der Waals surface area contributed by atoms with Crippen LogP contribution in [-0.2, 0) is 6.54 Å². The number of guanidine groups is 1. The van der Waals surface area contributed by atoms with Crippen LogP contribution in [0, 0.1) is 5.82 Å². The first-order valence-corrected chi connectivity index (χ1v) is 9.32. The van der Waals surface area contributed by atoms with Gasteiger partial charge in [-0.2, -0.15) is 0 Å². The van der Waals surface area contributed by atoms with Gasteiger partial charge >= 0.3 is 0 Å². The molecule has 2 aromatic heterocycles. The van der Waals surface area contributed by atoms with Crippen LogP contribution in [0.15, 0.2) is 58.3 Å². The summed E-state index contributed by atoms with van der Waals surface area (Å²) < 4.78 is 21.9. The first kappa shape index (κ1) is 19.2. The number of fused-ring (bicyclic) bond motifs is 1. The van der Waals surface area contributed by atoms with E-state index in [-0.39, 0.29) is 11.9 Å². The number of rotatable bonds is 6. The van der Waals surface area contributed by atoms with Crippen LogP contribution in [0.2, 0.25) is 0 Å². The van der Waals surface area contributed by atoms with Gasteiger partial charge in [0.25, 0.3) is 0 Å². The van der Waals surface area contributed by atoms with Gasteiger partial charge in [-0.25, -0.2) is 9.37 Å². The largest absolute Gasteiger partial charge is 0.489 e. The first-order valence-electron chi connectivity index (χ1n) is 8.53. The Kier molecular flexibility index (Phi) is 6.28. The molecule has 3 rings (SSSR count). The highest BCUT2D eigenvalue weighted by Gasteiger charge is 2.08. The Bertz CT molecular complexity index is 943. The summed E-state index contributed by atoms with van der Waals surface area (Å²) in [6, 6.07) is 10.0. The number of hydrogen-bond donors (Lipinski definition) is 2. The van der Waals surface area contributed by atoms with Crippen LogP contribution in [0.3, 0.4) is 0 Å². The summed E-state index contributed by atoms with van der Waals surface area (Å²) in [5.41, 5.74) is 1.79. The fraction of sp³-hybridized carbons (Fsp3) is 0.263. The molecule has 142 valence electrons. The maximum Gasteiger partial charge on any atom is 0.191 e. The highest BCUT2D eigenvalue weighted by atomic mass is 79.9. The maximum absolute atomic E-state index is 13.2. The van der Waals surface area contributed by atoms with Crippen LogP contribution in [0.25, 0.3) is 5.65 Å². The summed E-state index contributed by atoms with van der Waals surface area (Å²) >= 11 is 3.45. The van der Waals surface area contributed by atoms with Gasteiger partial charge in [-0.05, 0) is 47.1 Å². The van der Waals surface area contributed by atoms with Crippen molar-refractivity contribution >= 4 is 27.5 Å². The van der Waals surface area contributed by atoms with Gasteiger partial charge < -0.3 is 19.8 Å². The van der Waals surface area contributed by atoms with E-state index in [2.05, 4.69) is 36.5 Å². The van der Waals surface area contributed by atoms with Gasteiger partial charge in [0, 0.05) is 30.0 Å². The van der Waals surface area contributed by atoms with E-state index in [1.807, 2.05) is 35.9 Å². The molecule has 1 aromatic carbocycles. The molecule has 3 aromatic rings. The molecule has 8 heteroatoms. The van der Waals surface area contributed by atoms with Gasteiger partial charge in [0.1, 0.15) is 23.3 Å². The van der Waals surface area contributed by atoms with Gasteiger partial charge in [0.2, 0.25) is 0 Å². The number of hydrogen-bond acceptors (Lipinski definition) is 3. The molecule has 1 atom stereocenters. The third-order valence-electron chi connectivity index (χ3n) is 3.82. The Hall–Kier alpha value is -2.61. The van der Waals surface area contributed by atoms with Crippen molar-refractivity contribution in [3.63, 3.8) is 0 Å². The number of pyridine rings is 1. The second kappa shape index (κ2) is 8.85. The van der Waals surface area contributed by atoms with Gasteiger partial charge in [-0.3, -0.25) is 4.99 Å². The van der Waals surface area contributed by atoms with Crippen molar-refractivity contribution in [1.82, 2.24) is 20.0 Å². The zero-order valence-electron chi connectivity index (χ0n) is 15.1. The van der Waals surface area contributed by atoms with E-state index in [0.29, 0.717) is 24.8 Å². The number of nitrogens with zero attached hydrogens (tertiary/aromatic N) is 3. The number of halogens is 2. The lowest BCUT2D eigenvalue weighted by Gasteiger charge is -2.17. The Morgan fingerprint density at radius 3 is 2.93 bits per heavy atom. The molecule has 27 heavy (non-hydrogen) atoms. The second-order valence-electron chi connectivity index (χ2n) is 6.04. The number of nitrogens with one attached hydrogen (secondary N) is 2. The van der Waals surface area contributed by atoms with Crippen LogP contribution < -0.4 is 15.4 Å². The Labute approximate surface area is 165 Å². The van der Waals surface area contributed by atoms with E-state index in [0.717, 1.165) is 15.8 Å². The van der Waals surface area contributed by atoms with E-state index >= 15 is 0 Å². The standard InChI is InChI=1S/C19H21BrFN5O/c1-13(27-17-5-3-4-15(21)8-17)9-23-19(22-2)24-10-16-12-26-11-14(20)6-7-18(26)25-16/h3-8,11-13H,9-10H2,1-2H3,(H2,22,23,24). The minimum absolute atomic E-state index is 0.155. The van der Waals surface area contributed by atoms with Crippen LogP contribution in [0.5, 0.6) is 5.75 Å². The summed E-state index contributed by atoms with van der Waals surface area (Å²) in [6.07, 6.45) is 3.78. The molecule has 1 unspecified atom stereocenters. The third kappa shape index (κ3) is 5.43. The molecule has 0 saturated heterocycles. The predicted molar refractivity (Wildman–Crippen MR) is 108 cm³/mol. The number of benzene rings is 1. The van der Waals surface area contributed by atoms with Gasteiger partial charge in [0.15, 0.2) is 5.96 Å². The van der Waals surface area contributed by atoms with Crippen molar-refractivity contribution < 1.29 is 9.13 Å². The average molecular weight is 434 g/mol. The van der Waals surface area contributed by atoms with Crippen LogP contribution in [0.4, 0.5) is 4.39 Å². The Balaban J connectivity index is 1.49. The first-order chi connectivity index (χ1) is 13.0. The molecule has 6 nitrogen and oxygen atoms in total. The lowest BCUT2D eigenvalue weighted by Crippen LogP contribution is -2.41. The Morgan fingerprint density at radius 2 is 2.15 bits per heavy atom. The van der Waals surface area contributed by atoms with Crippen LogP contribution in [-0.4, -0.2) is 35.0 Å². The molecular weight excluding hydrogens is 413 g/mol. The number of imidazole rings is 1. The number of aromatic nitrogens is 2. The van der Waals surface area contributed by atoms with Crippen molar-refractivity contribution in [3.05, 3.63) is 64.8 Å².